The average Bonchev–Trinajstić information content (AvgIpc) is 2.25. The van der Waals surface area contributed by atoms with Gasteiger partial charge in [-0.05, 0) is 19.8 Å². The molecule has 5 heteroatoms. The first kappa shape index (κ1) is 11.4. The van der Waals surface area contributed by atoms with Crippen molar-refractivity contribution in [3.8, 4) is 0 Å². The highest BCUT2D eigenvalue weighted by Crippen LogP contribution is 2.17. The van der Waals surface area contributed by atoms with Gasteiger partial charge in [0.25, 0.3) is 0 Å². The maximum absolute atomic E-state index is 11.0. The van der Waals surface area contributed by atoms with Crippen molar-refractivity contribution in [2.24, 2.45) is 5.92 Å². The lowest BCUT2D eigenvalue weighted by Gasteiger charge is -2.06. The van der Waals surface area contributed by atoms with Crippen LogP contribution in [0.15, 0.2) is 4.90 Å². The molecule has 0 saturated heterocycles. The van der Waals surface area contributed by atoms with Crippen molar-refractivity contribution in [1.82, 2.24) is 9.78 Å². The van der Waals surface area contributed by atoms with Crippen LogP contribution in [-0.4, -0.2) is 18.5 Å². The molecule has 0 aliphatic carbocycles. The molecule has 1 heterocycles. The van der Waals surface area contributed by atoms with Gasteiger partial charge in [0.15, 0.2) is 11.1 Å². The molecule has 0 aliphatic heterocycles. The fourth-order valence-electron chi connectivity index (χ4n) is 1.46. The minimum Gasteiger partial charge on any atom is -0.302 e. The summed E-state index contributed by atoms with van der Waals surface area (Å²) < 4.78 is 21.8. The summed E-state index contributed by atoms with van der Waals surface area (Å²) in [6, 6.07) is 0. The quantitative estimate of drug-likeness (QED) is 0.783. The van der Waals surface area contributed by atoms with Crippen LogP contribution >= 0.6 is 0 Å². The molecule has 1 unspecified atom stereocenters. The van der Waals surface area contributed by atoms with E-state index in [1.165, 1.54) is 0 Å². The molecule has 1 aromatic rings. The third-order valence-electron chi connectivity index (χ3n) is 2.03. The summed E-state index contributed by atoms with van der Waals surface area (Å²) in [4.78, 5) is 0.450. The molecule has 0 amide bonds. The Balaban J connectivity index is 3.10. The van der Waals surface area contributed by atoms with E-state index < -0.39 is 11.1 Å². The van der Waals surface area contributed by atoms with E-state index in [1.54, 1.807) is 11.6 Å². The molecule has 0 saturated carbocycles. The number of hydrogen-bond donors (Lipinski definition) is 1. The second-order valence-corrected chi connectivity index (χ2v) is 4.73. The van der Waals surface area contributed by atoms with Gasteiger partial charge in [-0.2, -0.15) is 5.10 Å². The molecule has 1 N–H and O–H groups in total. The largest absolute Gasteiger partial charge is 0.302 e. The van der Waals surface area contributed by atoms with E-state index >= 15 is 0 Å². The lowest BCUT2D eigenvalue weighted by molar-refractivity contribution is 0.471. The molecule has 80 valence electrons. The molecule has 4 nitrogen and oxygen atoms in total. The van der Waals surface area contributed by atoms with Crippen molar-refractivity contribution in [2.45, 2.75) is 39.1 Å². The molecular formula is C9H16N2O2S. The zero-order chi connectivity index (χ0) is 10.9. The molecule has 0 fully saturated rings. The molecule has 0 spiro atoms. The van der Waals surface area contributed by atoms with Gasteiger partial charge in [-0.1, -0.05) is 13.8 Å². The zero-order valence-electron chi connectivity index (χ0n) is 8.94. The number of aromatic nitrogens is 2. The van der Waals surface area contributed by atoms with Gasteiger partial charge >= 0.3 is 0 Å². The van der Waals surface area contributed by atoms with E-state index in [4.69, 9.17) is 4.55 Å². The van der Waals surface area contributed by atoms with Crippen molar-refractivity contribution >= 4 is 11.1 Å². The van der Waals surface area contributed by atoms with Crippen LogP contribution in [0.3, 0.4) is 0 Å². The standard InChI is InChI=1S/C9H16N2O2S/c1-6(2)5-11-8(4)9(14(12)13)7(3)10-11/h6H,5H2,1-4H3,(H,12,13). The highest BCUT2D eigenvalue weighted by Gasteiger charge is 2.16. The van der Waals surface area contributed by atoms with E-state index in [0.717, 1.165) is 12.2 Å². The molecule has 0 radical (unpaired) electrons. The minimum absolute atomic E-state index is 0.450. The van der Waals surface area contributed by atoms with Crippen LogP contribution in [0.5, 0.6) is 0 Å². The molecule has 1 rings (SSSR count). The topological polar surface area (TPSA) is 55.1 Å². The Hall–Kier alpha value is -0.680. The van der Waals surface area contributed by atoms with Crippen LogP contribution in [0.4, 0.5) is 0 Å². The fraction of sp³-hybridized carbons (Fsp3) is 0.667. The predicted molar refractivity (Wildman–Crippen MR) is 55.6 cm³/mol. The first-order chi connectivity index (χ1) is 6.43. The average molecular weight is 216 g/mol. The van der Waals surface area contributed by atoms with Crippen LogP contribution in [0.1, 0.15) is 25.2 Å². The molecular weight excluding hydrogens is 200 g/mol. The van der Waals surface area contributed by atoms with Gasteiger partial charge in [-0.3, -0.25) is 4.68 Å². The molecule has 0 aromatic carbocycles. The maximum Gasteiger partial charge on any atom is 0.190 e. The third kappa shape index (κ3) is 2.22. The predicted octanol–water partition coefficient (Wildman–Crippen LogP) is 1.74. The van der Waals surface area contributed by atoms with E-state index in [-0.39, 0.29) is 0 Å². The Morgan fingerprint density at radius 3 is 2.43 bits per heavy atom. The SMILES string of the molecule is Cc1nn(CC(C)C)c(C)c1S(=O)O. The summed E-state index contributed by atoms with van der Waals surface area (Å²) in [6.45, 7) is 8.54. The Kier molecular flexibility index (Phi) is 3.44. The van der Waals surface area contributed by atoms with Crippen molar-refractivity contribution in [1.29, 1.82) is 0 Å². The number of hydrogen-bond acceptors (Lipinski definition) is 2. The third-order valence-corrected chi connectivity index (χ3v) is 2.97. The smallest absolute Gasteiger partial charge is 0.190 e. The van der Waals surface area contributed by atoms with Gasteiger partial charge in [-0.25, -0.2) is 4.21 Å². The Labute approximate surface area is 86.6 Å². The highest BCUT2D eigenvalue weighted by atomic mass is 32.2. The summed E-state index contributed by atoms with van der Waals surface area (Å²) in [5.74, 6) is 0.480. The normalized spacial score (nSPS) is 13.6. The molecule has 0 aliphatic rings. The van der Waals surface area contributed by atoms with E-state index in [1.807, 2.05) is 6.92 Å². The zero-order valence-corrected chi connectivity index (χ0v) is 9.76. The van der Waals surface area contributed by atoms with Gasteiger partial charge < -0.3 is 4.55 Å². The Bertz CT molecular complexity index is 358. The van der Waals surface area contributed by atoms with Crippen LogP contribution in [0.2, 0.25) is 0 Å². The summed E-state index contributed by atoms with van der Waals surface area (Å²) in [5.41, 5.74) is 1.43. The number of nitrogens with zero attached hydrogens (tertiary/aromatic N) is 2. The highest BCUT2D eigenvalue weighted by molar-refractivity contribution is 7.79. The van der Waals surface area contributed by atoms with E-state index in [2.05, 4.69) is 18.9 Å². The molecule has 14 heavy (non-hydrogen) atoms. The summed E-state index contributed by atoms with van der Waals surface area (Å²) in [5, 5.41) is 4.24. The maximum atomic E-state index is 11.0. The second-order valence-electron chi connectivity index (χ2n) is 3.83. The van der Waals surface area contributed by atoms with Crippen LogP contribution < -0.4 is 0 Å². The van der Waals surface area contributed by atoms with Crippen LogP contribution in [0.25, 0.3) is 0 Å². The van der Waals surface area contributed by atoms with Crippen LogP contribution in [-0.2, 0) is 17.6 Å². The first-order valence-electron chi connectivity index (χ1n) is 4.58. The molecule has 1 aromatic heterocycles. The number of rotatable bonds is 3. The van der Waals surface area contributed by atoms with Gasteiger partial charge in [0.05, 0.1) is 11.4 Å². The van der Waals surface area contributed by atoms with Gasteiger partial charge in [0.2, 0.25) is 0 Å². The summed E-state index contributed by atoms with van der Waals surface area (Å²) >= 11 is -1.93. The van der Waals surface area contributed by atoms with Gasteiger partial charge in [0, 0.05) is 6.54 Å². The fourth-order valence-corrected chi connectivity index (χ4v) is 2.11. The van der Waals surface area contributed by atoms with Crippen molar-refractivity contribution in [3.05, 3.63) is 11.4 Å². The van der Waals surface area contributed by atoms with Gasteiger partial charge in [0.1, 0.15) is 4.90 Å². The van der Waals surface area contributed by atoms with E-state index in [0.29, 0.717) is 16.5 Å². The van der Waals surface area contributed by atoms with Crippen molar-refractivity contribution in [3.63, 3.8) is 0 Å². The van der Waals surface area contributed by atoms with Crippen molar-refractivity contribution < 1.29 is 8.76 Å². The lowest BCUT2D eigenvalue weighted by Crippen LogP contribution is -2.08. The summed E-state index contributed by atoms with van der Waals surface area (Å²) in [7, 11) is 0. The lowest BCUT2D eigenvalue weighted by atomic mass is 10.2. The first-order valence-corrected chi connectivity index (χ1v) is 5.69. The Morgan fingerprint density at radius 1 is 1.50 bits per heavy atom. The summed E-state index contributed by atoms with van der Waals surface area (Å²) in [6.07, 6.45) is 0. The van der Waals surface area contributed by atoms with Crippen molar-refractivity contribution in [2.75, 3.05) is 0 Å². The molecule has 1 atom stereocenters. The van der Waals surface area contributed by atoms with Gasteiger partial charge in [-0.15, -0.1) is 0 Å². The number of aryl methyl sites for hydroxylation is 1. The molecule has 0 bridgehead atoms. The minimum atomic E-state index is -1.93. The monoisotopic (exact) mass is 216 g/mol. The van der Waals surface area contributed by atoms with Crippen LogP contribution in [0, 0.1) is 19.8 Å². The second kappa shape index (κ2) is 4.23. The van der Waals surface area contributed by atoms with E-state index in [9.17, 15) is 4.21 Å². The Morgan fingerprint density at radius 2 is 2.07 bits per heavy atom.